The summed E-state index contributed by atoms with van der Waals surface area (Å²) in [6, 6.07) is 0. The summed E-state index contributed by atoms with van der Waals surface area (Å²) < 4.78 is 0. The van der Waals surface area contributed by atoms with Crippen LogP contribution < -0.4 is 5.32 Å². The first-order chi connectivity index (χ1) is 15.9. The first kappa shape index (κ1) is 33.9. The van der Waals surface area contributed by atoms with Gasteiger partial charge in [0, 0.05) is 0 Å². The molecule has 0 aromatic heterocycles. The first-order valence-corrected chi connectivity index (χ1v) is 15.7. The first-order valence-electron chi connectivity index (χ1n) is 13.0. The maximum absolute atomic E-state index is 5.96. The standard InChI is InChI=1S/C33H55N2P/c1-19-26(5)36(18,25-31(12,13)22-4)28(7)35(33(16,17)24-30(10,11)21-3)27(6)34-32(14,15)23-29(8,9)20-2/h2-4,34,36H,5-7,19,23-25H2,1,8-18H3. The molecule has 0 aliphatic carbocycles. The van der Waals surface area contributed by atoms with E-state index in [1.807, 2.05) is 0 Å². The average molecular weight is 511 g/mol. The van der Waals surface area contributed by atoms with Gasteiger partial charge in [-0.25, -0.2) is 0 Å². The van der Waals surface area contributed by atoms with Crippen molar-refractivity contribution < 1.29 is 0 Å². The zero-order chi connectivity index (χ0) is 29.0. The zero-order valence-corrected chi connectivity index (χ0v) is 26.6. The summed E-state index contributed by atoms with van der Waals surface area (Å²) in [7, 11) is -2.35. The van der Waals surface area contributed by atoms with Gasteiger partial charge in [-0.3, -0.25) is 0 Å². The summed E-state index contributed by atoms with van der Waals surface area (Å²) >= 11 is 0. The number of nitrogens with zero attached hydrogens (tertiary/aromatic N) is 1. The molecule has 0 atom stereocenters. The van der Waals surface area contributed by atoms with E-state index in [1.165, 1.54) is 5.31 Å². The molecule has 0 heterocycles. The fraction of sp³-hybridized carbons (Fsp3) is 0.636. The van der Waals surface area contributed by atoms with Crippen molar-refractivity contribution in [1.82, 2.24) is 10.2 Å². The van der Waals surface area contributed by atoms with Gasteiger partial charge in [-0.15, -0.1) is 0 Å². The van der Waals surface area contributed by atoms with Crippen LogP contribution in [0.3, 0.4) is 0 Å². The molecule has 0 fully saturated rings. The fourth-order valence-electron chi connectivity index (χ4n) is 5.75. The van der Waals surface area contributed by atoms with Crippen LogP contribution in [0.1, 0.15) is 95.4 Å². The Labute approximate surface area is 226 Å². The van der Waals surface area contributed by atoms with E-state index < -0.39 is 7.26 Å². The molecule has 0 aliphatic heterocycles. The van der Waals surface area contributed by atoms with Gasteiger partial charge in [-0.05, 0) is 0 Å². The Kier molecular flexibility index (Phi) is 10.9. The van der Waals surface area contributed by atoms with Crippen molar-refractivity contribution in [3.8, 4) is 37.0 Å². The van der Waals surface area contributed by atoms with Gasteiger partial charge in [0.1, 0.15) is 0 Å². The van der Waals surface area contributed by atoms with Crippen molar-refractivity contribution in [2.45, 2.75) is 107 Å². The third-order valence-electron chi connectivity index (χ3n) is 7.20. The zero-order valence-electron chi connectivity index (χ0n) is 25.6. The van der Waals surface area contributed by atoms with Gasteiger partial charge >= 0.3 is 226 Å². The van der Waals surface area contributed by atoms with E-state index in [9.17, 15) is 0 Å². The number of hydrogen-bond acceptors (Lipinski definition) is 2. The van der Waals surface area contributed by atoms with Gasteiger partial charge in [0.15, 0.2) is 0 Å². The molecular weight excluding hydrogens is 455 g/mol. The van der Waals surface area contributed by atoms with E-state index in [0.717, 1.165) is 36.7 Å². The van der Waals surface area contributed by atoms with Crippen LogP contribution in [-0.4, -0.2) is 28.8 Å². The number of rotatable bonds is 14. The van der Waals surface area contributed by atoms with Crippen molar-refractivity contribution in [2.75, 3.05) is 12.8 Å². The van der Waals surface area contributed by atoms with Gasteiger partial charge < -0.3 is 0 Å². The Morgan fingerprint density at radius 1 is 0.778 bits per heavy atom. The van der Waals surface area contributed by atoms with Crippen LogP contribution in [0.5, 0.6) is 0 Å². The second kappa shape index (κ2) is 11.5. The van der Waals surface area contributed by atoms with Crippen LogP contribution in [0.2, 0.25) is 0 Å². The van der Waals surface area contributed by atoms with E-state index >= 15 is 0 Å². The van der Waals surface area contributed by atoms with Crippen molar-refractivity contribution in [2.24, 2.45) is 16.2 Å². The molecule has 0 aromatic rings. The van der Waals surface area contributed by atoms with Gasteiger partial charge in [0.25, 0.3) is 0 Å². The Hall–Kier alpha value is -2.07. The SMILES string of the molecule is C#CC(C)(C)CC(C)(C)NC(=C)N(C(=C)[PH](C)(CC(C)(C)C#C)C(=C)CC)C(C)(C)CC(C)(C)C#C. The normalized spacial score (nSPS) is 13.6. The molecule has 1 N–H and O–H groups in total. The van der Waals surface area contributed by atoms with Crippen LogP contribution in [-0.2, 0) is 0 Å². The number of nitrogens with one attached hydrogen (secondary N) is 1. The molecular formula is C33H55N2P. The number of allylic oxidation sites excluding steroid dienone is 1. The van der Waals surface area contributed by atoms with E-state index in [0.29, 0.717) is 0 Å². The molecule has 0 saturated carbocycles. The molecule has 0 amide bonds. The average Bonchev–Trinajstić information content (AvgIpc) is 2.70. The topological polar surface area (TPSA) is 15.3 Å². The molecule has 0 rings (SSSR count). The van der Waals surface area contributed by atoms with Gasteiger partial charge in [0.05, 0.1) is 0 Å². The van der Waals surface area contributed by atoms with E-state index in [1.54, 1.807) is 0 Å². The Morgan fingerprint density at radius 2 is 1.19 bits per heavy atom. The predicted molar refractivity (Wildman–Crippen MR) is 167 cm³/mol. The molecule has 36 heavy (non-hydrogen) atoms. The van der Waals surface area contributed by atoms with Gasteiger partial charge in [-0.1, -0.05) is 0 Å². The summed E-state index contributed by atoms with van der Waals surface area (Å²) in [6.45, 7) is 39.8. The van der Waals surface area contributed by atoms with Crippen molar-refractivity contribution >= 4 is 7.26 Å². The Bertz CT molecular complexity index is 969. The number of terminal acetylenes is 3. The molecule has 0 radical (unpaired) electrons. The van der Waals surface area contributed by atoms with Crippen LogP contribution in [0.25, 0.3) is 0 Å². The Morgan fingerprint density at radius 3 is 1.58 bits per heavy atom. The number of hydrogen-bond donors (Lipinski definition) is 1. The van der Waals surface area contributed by atoms with Gasteiger partial charge in [0.2, 0.25) is 0 Å². The molecule has 202 valence electrons. The quantitative estimate of drug-likeness (QED) is 0.186. The summed E-state index contributed by atoms with van der Waals surface area (Å²) in [5, 5.41) is 4.95. The van der Waals surface area contributed by atoms with Crippen molar-refractivity contribution in [3.05, 3.63) is 36.3 Å². The van der Waals surface area contributed by atoms with Crippen molar-refractivity contribution in [1.29, 1.82) is 0 Å². The third kappa shape index (κ3) is 9.10. The van der Waals surface area contributed by atoms with Crippen LogP contribution in [0.15, 0.2) is 36.3 Å². The molecule has 0 spiro atoms. The fourth-order valence-corrected chi connectivity index (χ4v) is 10.2. The summed E-state index contributed by atoms with van der Waals surface area (Å²) in [6.07, 6.45) is 21.0. The summed E-state index contributed by atoms with van der Waals surface area (Å²) in [5.74, 6) is 9.71. The molecule has 0 unspecified atom stereocenters. The van der Waals surface area contributed by atoms with E-state index in [-0.39, 0.29) is 27.3 Å². The molecule has 0 saturated heterocycles. The maximum atomic E-state index is 5.96. The Balaban J connectivity index is 6.85. The molecule has 0 aromatic carbocycles. The van der Waals surface area contributed by atoms with Gasteiger partial charge in [-0.2, -0.15) is 0 Å². The van der Waals surface area contributed by atoms with Crippen LogP contribution in [0.4, 0.5) is 0 Å². The van der Waals surface area contributed by atoms with E-state index in [4.69, 9.17) is 25.8 Å². The third-order valence-corrected chi connectivity index (χ3v) is 12.2. The molecule has 2 nitrogen and oxygen atoms in total. The summed E-state index contributed by atoms with van der Waals surface area (Å²) in [5.41, 5.74) is -0.434. The summed E-state index contributed by atoms with van der Waals surface area (Å²) in [4.78, 5) is 2.30. The second-order valence-electron chi connectivity index (χ2n) is 14.0. The van der Waals surface area contributed by atoms with Crippen molar-refractivity contribution in [3.63, 3.8) is 0 Å². The molecule has 0 aliphatic rings. The molecule has 0 bridgehead atoms. The van der Waals surface area contributed by atoms with Crippen LogP contribution in [0, 0.1) is 53.3 Å². The minimum atomic E-state index is -2.35. The van der Waals surface area contributed by atoms with Crippen LogP contribution >= 0.6 is 7.26 Å². The predicted octanol–water partition coefficient (Wildman–Crippen LogP) is 8.44. The monoisotopic (exact) mass is 510 g/mol. The minimum absolute atomic E-state index is 0.254. The second-order valence-corrected chi connectivity index (χ2v) is 18.3. The van der Waals surface area contributed by atoms with E-state index in [2.05, 4.69) is 124 Å². The molecule has 3 heteroatoms.